The van der Waals surface area contributed by atoms with Gasteiger partial charge in [-0.2, -0.15) is 5.10 Å². The van der Waals surface area contributed by atoms with Gasteiger partial charge in [0, 0.05) is 25.2 Å². The summed E-state index contributed by atoms with van der Waals surface area (Å²) in [5.74, 6) is 0.989. The Balaban J connectivity index is 1.45. The van der Waals surface area contributed by atoms with Gasteiger partial charge in [0.25, 0.3) is 0 Å². The fraction of sp³-hybridized carbons (Fsp3) is 0.500. The van der Waals surface area contributed by atoms with Crippen molar-refractivity contribution in [1.29, 1.82) is 0 Å². The van der Waals surface area contributed by atoms with E-state index in [1.54, 1.807) is 0 Å². The second-order valence-corrected chi connectivity index (χ2v) is 6.93. The zero-order valence-corrected chi connectivity index (χ0v) is 14.7. The van der Waals surface area contributed by atoms with E-state index in [1.807, 2.05) is 18.7 Å². The summed E-state index contributed by atoms with van der Waals surface area (Å²) < 4.78 is 0. The highest BCUT2D eigenvalue weighted by atomic mass is 16.2. The molecule has 1 aliphatic rings. The van der Waals surface area contributed by atoms with Crippen LogP contribution in [-0.4, -0.2) is 34.1 Å². The minimum absolute atomic E-state index is 0.285. The molecule has 1 fully saturated rings. The third-order valence-electron chi connectivity index (χ3n) is 5.20. The number of carbonyl (C=O) groups excluding carboxylic acids is 1. The Kier molecular flexibility index (Phi) is 5.34. The number of amides is 1. The Morgan fingerprint density at radius 1 is 1.21 bits per heavy atom. The van der Waals surface area contributed by atoms with Crippen molar-refractivity contribution in [3.63, 3.8) is 0 Å². The lowest BCUT2D eigenvalue weighted by molar-refractivity contribution is -0.132. The highest BCUT2D eigenvalue weighted by Crippen LogP contribution is 2.22. The minimum atomic E-state index is 0.285. The molecule has 0 saturated carbocycles. The third-order valence-corrected chi connectivity index (χ3v) is 5.20. The molecular formula is C20H27N3O. The molecule has 1 aliphatic heterocycles. The van der Waals surface area contributed by atoms with Gasteiger partial charge in [-0.15, -0.1) is 0 Å². The van der Waals surface area contributed by atoms with E-state index in [-0.39, 0.29) is 5.91 Å². The monoisotopic (exact) mass is 325 g/mol. The molecule has 3 rings (SSSR count). The second-order valence-electron chi connectivity index (χ2n) is 6.93. The van der Waals surface area contributed by atoms with E-state index in [9.17, 15) is 4.79 Å². The van der Waals surface area contributed by atoms with Gasteiger partial charge in [0.05, 0.1) is 5.69 Å². The van der Waals surface area contributed by atoms with E-state index in [4.69, 9.17) is 0 Å². The number of rotatable bonds is 5. The molecule has 128 valence electrons. The smallest absolute Gasteiger partial charge is 0.222 e. The summed E-state index contributed by atoms with van der Waals surface area (Å²) in [4.78, 5) is 14.5. The van der Waals surface area contributed by atoms with Crippen LogP contribution in [0.5, 0.6) is 0 Å². The van der Waals surface area contributed by atoms with Crippen molar-refractivity contribution in [3.8, 4) is 0 Å². The summed E-state index contributed by atoms with van der Waals surface area (Å²) in [5, 5.41) is 7.20. The molecule has 0 atom stereocenters. The Bertz CT molecular complexity index is 650. The van der Waals surface area contributed by atoms with E-state index >= 15 is 0 Å². The highest BCUT2D eigenvalue weighted by Gasteiger charge is 2.23. The van der Waals surface area contributed by atoms with Crippen LogP contribution in [0, 0.1) is 19.8 Å². The predicted molar refractivity (Wildman–Crippen MR) is 95.8 cm³/mol. The number of nitrogens with one attached hydrogen (secondary N) is 1. The summed E-state index contributed by atoms with van der Waals surface area (Å²) in [7, 11) is 0. The SMILES string of the molecule is Cc1n[nH]c(C)c1CCC(=O)N1CCC(Cc2ccccc2)CC1. The normalized spacial score (nSPS) is 15.7. The van der Waals surface area contributed by atoms with E-state index in [2.05, 4.69) is 40.5 Å². The van der Waals surface area contributed by atoms with Gasteiger partial charge in [-0.1, -0.05) is 30.3 Å². The first-order valence-corrected chi connectivity index (χ1v) is 8.95. The molecule has 2 aromatic rings. The first kappa shape index (κ1) is 16.7. The zero-order chi connectivity index (χ0) is 16.9. The fourth-order valence-electron chi connectivity index (χ4n) is 3.67. The van der Waals surface area contributed by atoms with Gasteiger partial charge >= 0.3 is 0 Å². The van der Waals surface area contributed by atoms with Gasteiger partial charge in [0.15, 0.2) is 0 Å². The molecule has 1 aromatic carbocycles. The molecule has 1 aromatic heterocycles. The van der Waals surface area contributed by atoms with E-state index in [0.717, 1.165) is 50.2 Å². The number of piperidine rings is 1. The third kappa shape index (κ3) is 4.05. The van der Waals surface area contributed by atoms with E-state index in [1.165, 1.54) is 11.1 Å². The minimum Gasteiger partial charge on any atom is -0.343 e. The summed E-state index contributed by atoms with van der Waals surface area (Å²) in [6, 6.07) is 10.7. The average molecular weight is 325 g/mol. The topological polar surface area (TPSA) is 49.0 Å². The Hall–Kier alpha value is -2.10. The maximum Gasteiger partial charge on any atom is 0.222 e. The maximum absolute atomic E-state index is 12.5. The van der Waals surface area contributed by atoms with Crippen LogP contribution in [0.2, 0.25) is 0 Å². The molecule has 4 nitrogen and oxygen atoms in total. The van der Waals surface area contributed by atoms with Gasteiger partial charge in [-0.05, 0) is 56.6 Å². The number of aryl methyl sites for hydroxylation is 2. The zero-order valence-electron chi connectivity index (χ0n) is 14.7. The number of hydrogen-bond acceptors (Lipinski definition) is 2. The summed E-state index contributed by atoms with van der Waals surface area (Å²) >= 11 is 0. The van der Waals surface area contributed by atoms with Crippen LogP contribution in [-0.2, 0) is 17.6 Å². The van der Waals surface area contributed by atoms with Gasteiger partial charge in [-0.3, -0.25) is 9.89 Å². The van der Waals surface area contributed by atoms with Crippen molar-refractivity contribution in [2.45, 2.75) is 46.0 Å². The molecule has 2 heterocycles. The molecule has 1 amide bonds. The number of benzene rings is 1. The Labute approximate surface area is 144 Å². The molecule has 0 bridgehead atoms. The lowest BCUT2D eigenvalue weighted by atomic mass is 9.90. The molecule has 1 saturated heterocycles. The molecule has 0 spiro atoms. The van der Waals surface area contributed by atoms with Crippen molar-refractivity contribution in [1.82, 2.24) is 15.1 Å². The van der Waals surface area contributed by atoms with Crippen LogP contribution in [0.1, 0.15) is 41.8 Å². The van der Waals surface area contributed by atoms with Gasteiger partial charge in [0.1, 0.15) is 0 Å². The number of aromatic amines is 1. The Morgan fingerprint density at radius 2 is 1.92 bits per heavy atom. The number of hydrogen-bond donors (Lipinski definition) is 1. The molecule has 4 heteroatoms. The summed E-state index contributed by atoms with van der Waals surface area (Å²) in [6.45, 7) is 5.83. The van der Waals surface area contributed by atoms with Crippen molar-refractivity contribution in [2.75, 3.05) is 13.1 Å². The van der Waals surface area contributed by atoms with Crippen molar-refractivity contribution >= 4 is 5.91 Å². The summed E-state index contributed by atoms with van der Waals surface area (Å²) in [6.07, 6.45) is 4.74. The number of carbonyl (C=O) groups is 1. The first-order valence-electron chi connectivity index (χ1n) is 8.95. The van der Waals surface area contributed by atoms with Crippen LogP contribution < -0.4 is 0 Å². The van der Waals surface area contributed by atoms with E-state index < -0.39 is 0 Å². The lowest BCUT2D eigenvalue weighted by Gasteiger charge is -2.32. The summed E-state index contributed by atoms with van der Waals surface area (Å²) in [5.41, 5.74) is 4.71. The van der Waals surface area contributed by atoms with Crippen LogP contribution in [0.4, 0.5) is 0 Å². The van der Waals surface area contributed by atoms with Crippen LogP contribution in [0.15, 0.2) is 30.3 Å². The number of likely N-dealkylation sites (tertiary alicyclic amines) is 1. The van der Waals surface area contributed by atoms with Gasteiger partial charge < -0.3 is 4.90 Å². The van der Waals surface area contributed by atoms with Crippen molar-refractivity contribution in [2.24, 2.45) is 5.92 Å². The molecule has 1 N–H and O–H groups in total. The molecular weight excluding hydrogens is 298 g/mol. The fourth-order valence-corrected chi connectivity index (χ4v) is 3.67. The quantitative estimate of drug-likeness (QED) is 0.915. The second kappa shape index (κ2) is 7.65. The molecule has 0 aliphatic carbocycles. The van der Waals surface area contributed by atoms with Crippen LogP contribution in [0.3, 0.4) is 0 Å². The van der Waals surface area contributed by atoms with E-state index in [0.29, 0.717) is 12.3 Å². The van der Waals surface area contributed by atoms with Crippen molar-refractivity contribution in [3.05, 3.63) is 52.8 Å². The Morgan fingerprint density at radius 3 is 2.54 bits per heavy atom. The standard InChI is InChI=1S/C20H27N3O/c1-15-19(16(2)22-21-15)8-9-20(24)23-12-10-18(11-13-23)14-17-6-4-3-5-7-17/h3-7,18H,8-14H2,1-2H3,(H,21,22). The number of nitrogens with zero attached hydrogens (tertiary/aromatic N) is 2. The molecule has 0 unspecified atom stereocenters. The largest absolute Gasteiger partial charge is 0.343 e. The average Bonchev–Trinajstić information content (AvgIpc) is 2.92. The lowest BCUT2D eigenvalue weighted by Crippen LogP contribution is -2.39. The highest BCUT2D eigenvalue weighted by molar-refractivity contribution is 5.76. The number of aromatic nitrogens is 2. The maximum atomic E-state index is 12.5. The predicted octanol–water partition coefficient (Wildman–Crippen LogP) is 3.44. The van der Waals surface area contributed by atoms with Gasteiger partial charge in [-0.25, -0.2) is 0 Å². The number of H-pyrrole nitrogens is 1. The van der Waals surface area contributed by atoms with Crippen molar-refractivity contribution < 1.29 is 4.79 Å². The van der Waals surface area contributed by atoms with Crippen LogP contribution in [0.25, 0.3) is 0 Å². The van der Waals surface area contributed by atoms with Gasteiger partial charge in [0.2, 0.25) is 5.91 Å². The molecule has 0 radical (unpaired) electrons. The first-order chi connectivity index (χ1) is 11.6. The van der Waals surface area contributed by atoms with Crippen LogP contribution >= 0.6 is 0 Å². The molecule has 24 heavy (non-hydrogen) atoms.